The minimum Gasteiger partial charge on any atom is -0.306 e. The second kappa shape index (κ2) is 7.78. The van der Waals surface area contributed by atoms with Gasteiger partial charge in [0, 0.05) is 24.5 Å². The van der Waals surface area contributed by atoms with E-state index >= 15 is 0 Å². The molecule has 2 aromatic carbocycles. The van der Waals surface area contributed by atoms with E-state index in [1.165, 1.54) is 16.0 Å². The van der Waals surface area contributed by atoms with Crippen LogP contribution in [0.15, 0.2) is 65.5 Å². The molecule has 0 saturated heterocycles. The van der Waals surface area contributed by atoms with Crippen LogP contribution in [0.5, 0.6) is 0 Å². The Morgan fingerprint density at radius 2 is 1.79 bits per heavy atom. The van der Waals surface area contributed by atoms with Crippen molar-refractivity contribution in [2.75, 3.05) is 6.54 Å². The quantitative estimate of drug-likeness (QED) is 0.540. The van der Waals surface area contributed by atoms with Crippen LogP contribution in [0.4, 0.5) is 0 Å². The number of rotatable bonds is 4. The summed E-state index contributed by atoms with van der Waals surface area (Å²) in [5, 5.41) is 0.779. The van der Waals surface area contributed by atoms with Gasteiger partial charge in [-0.15, -0.1) is 11.3 Å². The van der Waals surface area contributed by atoms with Gasteiger partial charge in [0.05, 0.1) is 5.39 Å². The Morgan fingerprint density at radius 1 is 1.03 bits per heavy atom. The molecule has 4 aromatic rings. The lowest BCUT2D eigenvalue weighted by atomic mass is 10.0. The largest absolute Gasteiger partial charge is 0.306 e. The fourth-order valence-electron chi connectivity index (χ4n) is 3.87. The molecule has 1 aliphatic heterocycles. The van der Waals surface area contributed by atoms with Crippen molar-refractivity contribution in [1.82, 2.24) is 14.9 Å². The fraction of sp³-hybridized carbons (Fsp3) is 0.167. The number of nitrogens with one attached hydrogen (secondary N) is 1. The first-order valence-electron chi connectivity index (χ1n) is 9.80. The average molecular weight is 400 g/mol. The Kier molecular flexibility index (Phi) is 4.84. The molecule has 0 atom stereocenters. The lowest BCUT2D eigenvalue weighted by Gasteiger charge is -2.26. The molecule has 2 aromatic heterocycles. The number of benzene rings is 2. The van der Waals surface area contributed by atoms with Gasteiger partial charge in [0.2, 0.25) is 0 Å². The van der Waals surface area contributed by atoms with Crippen LogP contribution in [0.3, 0.4) is 0 Å². The Labute approximate surface area is 173 Å². The Morgan fingerprint density at radius 3 is 2.59 bits per heavy atom. The van der Waals surface area contributed by atoms with E-state index in [0.717, 1.165) is 41.8 Å². The Bertz CT molecular complexity index is 1230. The highest BCUT2D eigenvalue weighted by Crippen LogP contribution is 2.32. The minimum absolute atomic E-state index is 0.0308. The first kappa shape index (κ1) is 18.0. The normalized spacial score (nSPS) is 14.5. The summed E-state index contributed by atoms with van der Waals surface area (Å²) in [6.45, 7) is 2.77. The molecular formula is C24H21N3OS. The molecule has 29 heavy (non-hydrogen) atoms. The van der Waals surface area contributed by atoms with Gasteiger partial charge < -0.3 is 4.98 Å². The number of aromatic nitrogens is 2. The molecule has 0 bridgehead atoms. The highest BCUT2D eigenvalue weighted by molar-refractivity contribution is 7.18. The van der Waals surface area contributed by atoms with Crippen molar-refractivity contribution >= 4 is 33.7 Å². The van der Waals surface area contributed by atoms with Crippen molar-refractivity contribution in [3.8, 4) is 0 Å². The van der Waals surface area contributed by atoms with Gasteiger partial charge in [-0.05, 0) is 29.2 Å². The molecule has 1 N–H and O–H groups in total. The summed E-state index contributed by atoms with van der Waals surface area (Å²) in [6, 6.07) is 20.6. The third kappa shape index (κ3) is 3.79. The molecular weight excluding hydrogens is 378 g/mol. The highest BCUT2D eigenvalue weighted by Gasteiger charge is 2.23. The molecule has 1 aliphatic rings. The molecule has 0 unspecified atom stereocenters. The van der Waals surface area contributed by atoms with Gasteiger partial charge in [0.1, 0.15) is 10.7 Å². The van der Waals surface area contributed by atoms with E-state index in [0.29, 0.717) is 5.82 Å². The summed E-state index contributed by atoms with van der Waals surface area (Å²) in [7, 11) is 0. The van der Waals surface area contributed by atoms with E-state index in [4.69, 9.17) is 4.98 Å². The lowest BCUT2D eigenvalue weighted by molar-refractivity contribution is 0.249. The van der Waals surface area contributed by atoms with Crippen LogP contribution < -0.4 is 5.56 Å². The summed E-state index contributed by atoms with van der Waals surface area (Å²) in [5.41, 5.74) is 3.55. The average Bonchev–Trinajstić information content (AvgIpc) is 3.12. The topological polar surface area (TPSA) is 49.0 Å². The van der Waals surface area contributed by atoms with Crippen LogP contribution in [0.2, 0.25) is 0 Å². The molecule has 0 saturated carbocycles. The van der Waals surface area contributed by atoms with E-state index in [-0.39, 0.29) is 5.56 Å². The zero-order valence-electron chi connectivity index (χ0n) is 16.0. The second-order valence-electron chi connectivity index (χ2n) is 7.33. The Balaban J connectivity index is 1.43. The van der Waals surface area contributed by atoms with Crippen molar-refractivity contribution in [1.29, 1.82) is 0 Å². The van der Waals surface area contributed by atoms with E-state index in [2.05, 4.69) is 34.1 Å². The number of nitrogens with zero attached hydrogens (tertiary/aromatic N) is 2. The Hall–Kier alpha value is -3.02. The van der Waals surface area contributed by atoms with Crippen molar-refractivity contribution in [2.45, 2.75) is 19.5 Å². The number of thiophene rings is 1. The fourth-order valence-corrected chi connectivity index (χ4v) is 5.14. The SMILES string of the molecule is O=c1[nH]c(/C=C/c2ccccc2)nc2sc3c(c12)CCN(Cc1ccccc1)C3. The summed E-state index contributed by atoms with van der Waals surface area (Å²) >= 11 is 1.66. The lowest BCUT2D eigenvalue weighted by Crippen LogP contribution is -2.29. The second-order valence-corrected chi connectivity index (χ2v) is 8.41. The molecule has 5 heteroatoms. The molecule has 3 heterocycles. The van der Waals surface area contributed by atoms with Crippen LogP contribution in [0.25, 0.3) is 22.4 Å². The van der Waals surface area contributed by atoms with Gasteiger partial charge in [-0.25, -0.2) is 4.98 Å². The third-order valence-electron chi connectivity index (χ3n) is 5.29. The van der Waals surface area contributed by atoms with Crippen LogP contribution in [0.1, 0.15) is 27.4 Å². The van der Waals surface area contributed by atoms with Gasteiger partial charge in [0.15, 0.2) is 0 Å². The van der Waals surface area contributed by atoms with Gasteiger partial charge in [-0.2, -0.15) is 0 Å². The van der Waals surface area contributed by atoms with Crippen molar-refractivity contribution in [3.63, 3.8) is 0 Å². The number of aromatic amines is 1. The molecule has 0 spiro atoms. The maximum Gasteiger partial charge on any atom is 0.260 e. The number of hydrogen-bond donors (Lipinski definition) is 1. The highest BCUT2D eigenvalue weighted by atomic mass is 32.1. The van der Waals surface area contributed by atoms with Gasteiger partial charge >= 0.3 is 0 Å². The molecule has 0 amide bonds. The smallest absolute Gasteiger partial charge is 0.260 e. The van der Waals surface area contributed by atoms with Crippen molar-refractivity contribution in [2.24, 2.45) is 0 Å². The molecule has 4 nitrogen and oxygen atoms in total. The molecule has 0 fully saturated rings. The standard InChI is InChI=1S/C24H21N3OS/c28-23-22-19-13-14-27(15-18-9-5-2-6-10-18)16-20(19)29-24(22)26-21(25-23)12-11-17-7-3-1-4-8-17/h1-12H,13-16H2,(H,25,26,28)/b12-11+. The maximum absolute atomic E-state index is 12.8. The van der Waals surface area contributed by atoms with E-state index in [9.17, 15) is 4.79 Å². The summed E-state index contributed by atoms with van der Waals surface area (Å²) in [4.78, 5) is 25.0. The predicted molar refractivity (Wildman–Crippen MR) is 120 cm³/mol. The first-order valence-corrected chi connectivity index (χ1v) is 10.6. The molecule has 0 aliphatic carbocycles. The van der Waals surface area contributed by atoms with Gasteiger partial charge in [-0.1, -0.05) is 66.7 Å². The number of hydrogen-bond acceptors (Lipinski definition) is 4. The molecule has 144 valence electrons. The predicted octanol–water partition coefficient (Wildman–Crippen LogP) is 4.71. The molecule has 5 rings (SSSR count). The van der Waals surface area contributed by atoms with Crippen LogP contribution in [-0.2, 0) is 19.5 Å². The number of fused-ring (bicyclic) bond motifs is 3. The summed E-state index contributed by atoms with van der Waals surface area (Å²) in [6.07, 6.45) is 4.74. The van der Waals surface area contributed by atoms with Crippen LogP contribution in [-0.4, -0.2) is 21.4 Å². The minimum atomic E-state index is -0.0308. The number of H-pyrrole nitrogens is 1. The molecule has 0 radical (unpaired) electrons. The van der Waals surface area contributed by atoms with Crippen molar-refractivity contribution in [3.05, 3.63) is 98.4 Å². The summed E-state index contributed by atoms with van der Waals surface area (Å²) in [5.74, 6) is 0.603. The third-order valence-corrected chi connectivity index (χ3v) is 6.40. The van der Waals surface area contributed by atoms with Gasteiger partial charge in [0.25, 0.3) is 5.56 Å². The van der Waals surface area contributed by atoms with Crippen LogP contribution in [0, 0.1) is 0 Å². The van der Waals surface area contributed by atoms with Crippen LogP contribution >= 0.6 is 11.3 Å². The van der Waals surface area contributed by atoms with E-state index < -0.39 is 0 Å². The monoisotopic (exact) mass is 399 g/mol. The van der Waals surface area contributed by atoms with Gasteiger partial charge in [-0.3, -0.25) is 9.69 Å². The van der Waals surface area contributed by atoms with Crippen molar-refractivity contribution < 1.29 is 0 Å². The van der Waals surface area contributed by atoms with E-state index in [1.54, 1.807) is 11.3 Å². The van der Waals surface area contributed by atoms with E-state index in [1.807, 2.05) is 48.6 Å². The maximum atomic E-state index is 12.8. The zero-order valence-corrected chi connectivity index (χ0v) is 16.8. The summed E-state index contributed by atoms with van der Waals surface area (Å²) < 4.78 is 0. The first-order chi connectivity index (χ1) is 14.3. The zero-order chi connectivity index (χ0) is 19.6.